The van der Waals surface area contributed by atoms with Crippen LogP contribution in [-0.4, -0.2) is 9.55 Å². The van der Waals surface area contributed by atoms with Crippen molar-refractivity contribution in [1.82, 2.24) is 9.55 Å². The van der Waals surface area contributed by atoms with Crippen LogP contribution in [0.4, 0.5) is 0 Å². The van der Waals surface area contributed by atoms with E-state index in [1.165, 1.54) is 5.52 Å². The van der Waals surface area contributed by atoms with Gasteiger partial charge in [0.15, 0.2) is 0 Å². The van der Waals surface area contributed by atoms with Crippen LogP contribution in [-0.2, 0) is 13.1 Å². The van der Waals surface area contributed by atoms with E-state index >= 15 is 0 Å². The van der Waals surface area contributed by atoms with Crippen LogP contribution in [0.2, 0.25) is 0 Å². The molecule has 0 saturated carbocycles. The van der Waals surface area contributed by atoms with E-state index in [4.69, 9.17) is 10.7 Å². The van der Waals surface area contributed by atoms with Crippen LogP contribution in [0.25, 0.3) is 22.4 Å². The standard InChI is InChI=1S/C17H19N3/c1-2-10-20-16-9-4-3-8-15(16)19-17(20)14-7-5-6-13(11-14)12-18/h3-9,11H,2,10,12,18H2,1H3. The van der Waals surface area contributed by atoms with Crippen molar-refractivity contribution >= 4 is 11.0 Å². The highest BCUT2D eigenvalue weighted by Crippen LogP contribution is 2.25. The quantitative estimate of drug-likeness (QED) is 0.783. The SMILES string of the molecule is CCCn1c(-c2cccc(CN)c2)nc2ccccc21. The average Bonchev–Trinajstić information content (AvgIpc) is 2.87. The molecule has 0 unspecified atom stereocenters. The molecule has 20 heavy (non-hydrogen) atoms. The van der Waals surface area contributed by atoms with E-state index in [9.17, 15) is 0 Å². The van der Waals surface area contributed by atoms with Gasteiger partial charge < -0.3 is 10.3 Å². The molecule has 3 rings (SSSR count). The molecule has 1 heterocycles. The van der Waals surface area contributed by atoms with Gasteiger partial charge in [-0.3, -0.25) is 0 Å². The first-order valence-corrected chi connectivity index (χ1v) is 7.08. The summed E-state index contributed by atoms with van der Waals surface area (Å²) in [4.78, 5) is 4.80. The summed E-state index contributed by atoms with van der Waals surface area (Å²) in [6.45, 7) is 3.72. The molecule has 3 aromatic rings. The predicted molar refractivity (Wildman–Crippen MR) is 83.4 cm³/mol. The van der Waals surface area contributed by atoms with Gasteiger partial charge in [0.1, 0.15) is 5.82 Å². The first-order chi connectivity index (χ1) is 9.83. The fraction of sp³-hybridized carbons (Fsp3) is 0.235. The minimum absolute atomic E-state index is 0.557. The summed E-state index contributed by atoms with van der Waals surface area (Å²) in [6, 6.07) is 16.6. The third-order valence-electron chi connectivity index (χ3n) is 3.52. The third-order valence-corrected chi connectivity index (χ3v) is 3.52. The van der Waals surface area contributed by atoms with E-state index in [1.807, 2.05) is 12.1 Å². The Morgan fingerprint density at radius 3 is 2.75 bits per heavy atom. The predicted octanol–water partition coefficient (Wildman–Crippen LogP) is 3.57. The second-order valence-corrected chi connectivity index (χ2v) is 4.98. The van der Waals surface area contributed by atoms with Crippen molar-refractivity contribution in [3.8, 4) is 11.4 Å². The molecule has 3 nitrogen and oxygen atoms in total. The number of fused-ring (bicyclic) bond motifs is 1. The number of aryl methyl sites for hydroxylation is 1. The first kappa shape index (κ1) is 12.9. The van der Waals surface area contributed by atoms with Crippen LogP contribution in [0.3, 0.4) is 0 Å². The summed E-state index contributed by atoms with van der Waals surface area (Å²) in [6.07, 6.45) is 1.09. The highest BCUT2D eigenvalue weighted by atomic mass is 15.1. The molecule has 0 saturated heterocycles. The van der Waals surface area contributed by atoms with Crippen LogP contribution in [0.15, 0.2) is 48.5 Å². The van der Waals surface area contributed by atoms with E-state index in [1.54, 1.807) is 0 Å². The molecule has 0 aliphatic rings. The Morgan fingerprint density at radius 2 is 1.95 bits per heavy atom. The zero-order valence-electron chi connectivity index (χ0n) is 11.7. The van der Waals surface area contributed by atoms with Gasteiger partial charge in [-0.2, -0.15) is 0 Å². The van der Waals surface area contributed by atoms with E-state index in [0.717, 1.165) is 35.4 Å². The maximum Gasteiger partial charge on any atom is 0.141 e. The Labute approximate surface area is 119 Å². The molecule has 0 radical (unpaired) electrons. The van der Waals surface area contributed by atoms with Crippen molar-refractivity contribution in [2.75, 3.05) is 0 Å². The maximum atomic E-state index is 5.74. The summed E-state index contributed by atoms with van der Waals surface area (Å²) in [5.41, 5.74) is 10.3. The summed E-state index contributed by atoms with van der Waals surface area (Å²) in [7, 11) is 0. The maximum absolute atomic E-state index is 5.74. The fourth-order valence-electron chi connectivity index (χ4n) is 2.58. The Morgan fingerprint density at radius 1 is 1.10 bits per heavy atom. The molecule has 2 N–H and O–H groups in total. The van der Waals surface area contributed by atoms with Crippen LogP contribution < -0.4 is 5.73 Å². The van der Waals surface area contributed by atoms with Gasteiger partial charge >= 0.3 is 0 Å². The van der Waals surface area contributed by atoms with Crippen molar-refractivity contribution in [2.45, 2.75) is 26.4 Å². The van der Waals surface area contributed by atoms with Gasteiger partial charge in [-0.1, -0.05) is 37.3 Å². The Hall–Kier alpha value is -2.13. The van der Waals surface area contributed by atoms with Gasteiger partial charge in [0.05, 0.1) is 11.0 Å². The number of rotatable bonds is 4. The first-order valence-electron chi connectivity index (χ1n) is 7.08. The summed E-state index contributed by atoms with van der Waals surface area (Å²) >= 11 is 0. The lowest BCUT2D eigenvalue weighted by Gasteiger charge is -2.08. The minimum Gasteiger partial charge on any atom is -0.326 e. The van der Waals surface area contributed by atoms with Gasteiger partial charge in [0.25, 0.3) is 0 Å². The van der Waals surface area contributed by atoms with Crippen molar-refractivity contribution < 1.29 is 0 Å². The molecule has 0 fully saturated rings. The van der Waals surface area contributed by atoms with Crippen LogP contribution >= 0.6 is 0 Å². The van der Waals surface area contributed by atoms with Crippen LogP contribution in [0.1, 0.15) is 18.9 Å². The van der Waals surface area contributed by atoms with Crippen molar-refractivity contribution in [3.63, 3.8) is 0 Å². The largest absolute Gasteiger partial charge is 0.326 e. The van der Waals surface area contributed by atoms with Gasteiger partial charge in [-0.25, -0.2) is 4.98 Å². The van der Waals surface area contributed by atoms with Gasteiger partial charge in [0.2, 0.25) is 0 Å². The second-order valence-electron chi connectivity index (χ2n) is 4.98. The van der Waals surface area contributed by atoms with Crippen molar-refractivity contribution in [3.05, 3.63) is 54.1 Å². The molecule has 0 amide bonds. The molecule has 0 aliphatic carbocycles. The van der Waals surface area contributed by atoms with E-state index in [-0.39, 0.29) is 0 Å². The highest BCUT2D eigenvalue weighted by molar-refractivity contribution is 5.80. The molecule has 2 aromatic carbocycles. The number of hydrogen-bond acceptors (Lipinski definition) is 2. The Balaban J connectivity index is 2.21. The molecular formula is C17H19N3. The van der Waals surface area contributed by atoms with Gasteiger partial charge in [0, 0.05) is 18.7 Å². The summed E-state index contributed by atoms with van der Waals surface area (Å²) < 4.78 is 2.30. The van der Waals surface area contributed by atoms with Gasteiger partial charge in [-0.05, 0) is 30.2 Å². The molecule has 0 aliphatic heterocycles. The molecule has 0 spiro atoms. The minimum atomic E-state index is 0.557. The monoisotopic (exact) mass is 265 g/mol. The van der Waals surface area contributed by atoms with Crippen molar-refractivity contribution in [2.24, 2.45) is 5.73 Å². The smallest absolute Gasteiger partial charge is 0.141 e. The molecule has 0 bridgehead atoms. The lowest BCUT2D eigenvalue weighted by atomic mass is 10.1. The summed E-state index contributed by atoms with van der Waals surface area (Å²) in [5, 5.41) is 0. The van der Waals surface area contributed by atoms with Gasteiger partial charge in [-0.15, -0.1) is 0 Å². The number of para-hydroxylation sites is 2. The van der Waals surface area contributed by atoms with Crippen LogP contribution in [0, 0.1) is 0 Å². The molecule has 102 valence electrons. The number of imidazole rings is 1. The number of hydrogen-bond donors (Lipinski definition) is 1. The number of nitrogens with two attached hydrogens (primary N) is 1. The van der Waals surface area contributed by atoms with E-state index in [0.29, 0.717) is 6.54 Å². The normalized spacial score (nSPS) is 11.1. The number of benzene rings is 2. The lowest BCUT2D eigenvalue weighted by Crippen LogP contribution is -2.01. The number of aromatic nitrogens is 2. The Kier molecular flexibility index (Phi) is 3.52. The third kappa shape index (κ3) is 2.21. The van der Waals surface area contributed by atoms with Crippen LogP contribution in [0.5, 0.6) is 0 Å². The number of nitrogens with zero attached hydrogens (tertiary/aromatic N) is 2. The zero-order valence-corrected chi connectivity index (χ0v) is 11.7. The fourth-order valence-corrected chi connectivity index (χ4v) is 2.58. The van der Waals surface area contributed by atoms with E-state index < -0.39 is 0 Å². The second kappa shape index (κ2) is 5.47. The zero-order chi connectivity index (χ0) is 13.9. The Bertz CT molecular complexity index is 728. The van der Waals surface area contributed by atoms with Crippen molar-refractivity contribution in [1.29, 1.82) is 0 Å². The summed E-state index contributed by atoms with van der Waals surface area (Å²) in [5.74, 6) is 1.03. The lowest BCUT2D eigenvalue weighted by molar-refractivity contribution is 0.704. The molecule has 1 aromatic heterocycles. The molecule has 3 heteroatoms. The molecular weight excluding hydrogens is 246 g/mol. The highest BCUT2D eigenvalue weighted by Gasteiger charge is 2.11. The topological polar surface area (TPSA) is 43.8 Å². The average molecular weight is 265 g/mol. The molecule has 0 atom stereocenters. The van der Waals surface area contributed by atoms with E-state index in [2.05, 4.69) is 47.9 Å².